The van der Waals surface area contributed by atoms with Gasteiger partial charge in [0, 0.05) is 30.9 Å². The maximum absolute atomic E-state index is 6.32. The van der Waals surface area contributed by atoms with Crippen LogP contribution in [0.2, 0.25) is 5.02 Å². The lowest BCUT2D eigenvalue weighted by Crippen LogP contribution is -2.37. The molecule has 0 saturated carbocycles. The van der Waals surface area contributed by atoms with E-state index in [-0.39, 0.29) is 5.41 Å². The van der Waals surface area contributed by atoms with Gasteiger partial charge in [0.15, 0.2) is 0 Å². The lowest BCUT2D eigenvalue weighted by atomic mass is 9.95. The van der Waals surface area contributed by atoms with Crippen LogP contribution in [-0.2, 0) is 16.7 Å². The van der Waals surface area contributed by atoms with Crippen LogP contribution in [0, 0.1) is 0 Å². The molecule has 142 valence electrons. The maximum Gasteiger partial charge on any atom is 0.146 e. The molecule has 1 fully saturated rings. The first-order valence-corrected chi connectivity index (χ1v) is 9.61. The summed E-state index contributed by atoms with van der Waals surface area (Å²) in [7, 11) is 0. The van der Waals surface area contributed by atoms with Gasteiger partial charge in [-0.25, -0.2) is 9.97 Å². The Hall–Kier alpha value is -2.18. The SMILES string of the molecule is CC(C)(C)c1nc(N2CCOCC2)c2ccn(Cc3ncccc3Cl)c2n1. The molecule has 0 aliphatic carbocycles. The number of nitrogens with zero attached hydrogens (tertiary/aromatic N) is 5. The van der Waals surface area contributed by atoms with Crippen molar-refractivity contribution in [2.24, 2.45) is 0 Å². The van der Waals surface area contributed by atoms with Gasteiger partial charge in [-0.3, -0.25) is 4.98 Å². The molecule has 1 saturated heterocycles. The lowest BCUT2D eigenvalue weighted by molar-refractivity contribution is 0.122. The van der Waals surface area contributed by atoms with E-state index in [4.69, 9.17) is 26.3 Å². The fourth-order valence-electron chi connectivity index (χ4n) is 3.22. The standard InChI is InChI=1S/C20H24ClN5O/c1-20(2,3)19-23-17(25-9-11-27-12-10-25)14-6-8-26(18(14)24-19)13-16-15(21)5-4-7-22-16/h4-8H,9-13H2,1-3H3. The number of fused-ring (bicyclic) bond motifs is 1. The normalized spacial score (nSPS) is 15.5. The van der Waals surface area contributed by atoms with Gasteiger partial charge in [-0.2, -0.15) is 0 Å². The molecule has 3 aromatic rings. The summed E-state index contributed by atoms with van der Waals surface area (Å²) in [6.45, 7) is 10.1. The Morgan fingerprint density at radius 2 is 1.93 bits per heavy atom. The van der Waals surface area contributed by atoms with Crippen LogP contribution in [0.1, 0.15) is 32.3 Å². The van der Waals surface area contributed by atoms with E-state index in [9.17, 15) is 0 Å². The number of halogens is 1. The second kappa shape index (κ2) is 7.09. The van der Waals surface area contributed by atoms with Gasteiger partial charge < -0.3 is 14.2 Å². The van der Waals surface area contributed by atoms with Gasteiger partial charge in [0.05, 0.1) is 35.9 Å². The van der Waals surface area contributed by atoms with Gasteiger partial charge in [-0.1, -0.05) is 32.4 Å². The van der Waals surface area contributed by atoms with Crippen molar-refractivity contribution >= 4 is 28.5 Å². The number of anilines is 1. The number of pyridine rings is 1. The van der Waals surface area contributed by atoms with Crippen LogP contribution in [0.4, 0.5) is 5.82 Å². The predicted octanol–water partition coefficient (Wildman–Crippen LogP) is 3.66. The van der Waals surface area contributed by atoms with Gasteiger partial charge in [0.2, 0.25) is 0 Å². The third-order valence-corrected chi connectivity index (χ3v) is 5.08. The van der Waals surface area contributed by atoms with E-state index in [0.717, 1.165) is 54.7 Å². The zero-order valence-electron chi connectivity index (χ0n) is 15.9. The van der Waals surface area contributed by atoms with Crippen LogP contribution in [0.25, 0.3) is 11.0 Å². The minimum absolute atomic E-state index is 0.146. The molecule has 7 heteroatoms. The molecule has 0 amide bonds. The summed E-state index contributed by atoms with van der Waals surface area (Å²) in [5.41, 5.74) is 1.60. The summed E-state index contributed by atoms with van der Waals surface area (Å²) in [6.07, 6.45) is 3.81. The molecule has 0 spiro atoms. The number of morpholine rings is 1. The Balaban J connectivity index is 1.83. The molecule has 0 aromatic carbocycles. The summed E-state index contributed by atoms with van der Waals surface area (Å²) in [5.74, 6) is 1.82. The highest BCUT2D eigenvalue weighted by molar-refractivity contribution is 6.31. The van der Waals surface area contributed by atoms with Gasteiger partial charge >= 0.3 is 0 Å². The van der Waals surface area contributed by atoms with Gasteiger partial charge in [-0.15, -0.1) is 0 Å². The Morgan fingerprint density at radius 3 is 2.63 bits per heavy atom. The number of hydrogen-bond acceptors (Lipinski definition) is 5. The third-order valence-electron chi connectivity index (χ3n) is 4.73. The molecule has 0 radical (unpaired) electrons. The number of aromatic nitrogens is 4. The molecule has 1 aliphatic rings. The van der Waals surface area contributed by atoms with Crippen molar-refractivity contribution < 1.29 is 4.74 Å². The highest BCUT2D eigenvalue weighted by atomic mass is 35.5. The molecule has 0 unspecified atom stereocenters. The smallest absolute Gasteiger partial charge is 0.146 e. The molecule has 3 aromatic heterocycles. The van der Waals surface area contributed by atoms with Gasteiger partial charge in [-0.05, 0) is 18.2 Å². The van der Waals surface area contributed by atoms with Crippen molar-refractivity contribution in [2.75, 3.05) is 31.2 Å². The first kappa shape index (κ1) is 18.2. The van der Waals surface area contributed by atoms with Crippen molar-refractivity contribution in [1.29, 1.82) is 0 Å². The summed E-state index contributed by atoms with van der Waals surface area (Å²) in [6, 6.07) is 5.80. The van der Waals surface area contributed by atoms with E-state index >= 15 is 0 Å². The van der Waals surface area contributed by atoms with Crippen molar-refractivity contribution in [3.8, 4) is 0 Å². The highest BCUT2D eigenvalue weighted by Gasteiger charge is 2.24. The number of ether oxygens (including phenoxy) is 1. The van der Waals surface area contributed by atoms with Gasteiger partial charge in [0.25, 0.3) is 0 Å². The first-order chi connectivity index (χ1) is 12.9. The summed E-state index contributed by atoms with van der Waals surface area (Å²) in [4.78, 5) is 16.6. The molecule has 0 atom stereocenters. The zero-order valence-corrected chi connectivity index (χ0v) is 16.7. The van der Waals surface area contributed by atoms with E-state index in [1.807, 2.05) is 18.3 Å². The van der Waals surface area contributed by atoms with Crippen LogP contribution in [0.3, 0.4) is 0 Å². The fourth-order valence-corrected chi connectivity index (χ4v) is 3.41. The Morgan fingerprint density at radius 1 is 1.15 bits per heavy atom. The molecule has 0 bridgehead atoms. The molecule has 4 heterocycles. The van der Waals surface area contributed by atoms with Crippen molar-refractivity contribution in [3.63, 3.8) is 0 Å². The summed E-state index contributed by atoms with van der Waals surface area (Å²) < 4.78 is 7.62. The Bertz CT molecular complexity index is 957. The summed E-state index contributed by atoms with van der Waals surface area (Å²) in [5, 5.41) is 1.72. The van der Waals surface area contributed by atoms with Crippen LogP contribution >= 0.6 is 11.6 Å². The second-order valence-corrected chi connectivity index (χ2v) is 8.24. The Labute approximate surface area is 164 Å². The topological polar surface area (TPSA) is 56.1 Å². The average Bonchev–Trinajstić information content (AvgIpc) is 3.06. The number of rotatable bonds is 3. The minimum Gasteiger partial charge on any atom is -0.378 e. The van der Waals surface area contributed by atoms with Crippen molar-refractivity contribution in [1.82, 2.24) is 19.5 Å². The van der Waals surface area contributed by atoms with E-state index in [1.54, 1.807) is 6.20 Å². The quantitative estimate of drug-likeness (QED) is 0.688. The van der Waals surface area contributed by atoms with E-state index < -0.39 is 0 Å². The molecule has 27 heavy (non-hydrogen) atoms. The van der Waals surface area contributed by atoms with E-state index in [0.29, 0.717) is 11.6 Å². The molecule has 0 N–H and O–H groups in total. The molecule has 6 nitrogen and oxygen atoms in total. The lowest BCUT2D eigenvalue weighted by Gasteiger charge is -2.29. The molecule has 4 rings (SSSR count). The summed E-state index contributed by atoms with van der Waals surface area (Å²) >= 11 is 6.32. The van der Waals surface area contributed by atoms with Crippen LogP contribution in [0.15, 0.2) is 30.6 Å². The first-order valence-electron chi connectivity index (χ1n) is 9.23. The second-order valence-electron chi connectivity index (χ2n) is 7.83. The zero-order chi connectivity index (χ0) is 19.0. The van der Waals surface area contributed by atoms with Crippen LogP contribution < -0.4 is 4.90 Å². The Kier molecular flexibility index (Phi) is 4.78. The number of hydrogen-bond donors (Lipinski definition) is 0. The molecular formula is C20H24ClN5O. The third kappa shape index (κ3) is 3.64. The minimum atomic E-state index is -0.146. The molecule has 1 aliphatic heterocycles. The molecular weight excluding hydrogens is 362 g/mol. The maximum atomic E-state index is 6.32. The van der Waals surface area contributed by atoms with E-state index in [2.05, 4.69) is 41.3 Å². The predicted molar refractivity (Wildman–Crippen MR) is 108 cm³/mol. The van der Waals surface area contributed by atoms with Crippen molar-refractivity contribution in [3.05, 3.63) is 47.1 Å². The van der Waals surface area contributed by atoms with E-state index in [1.165, 1.54) is 0 Å². The van der Waals surface area contributed by atoms with Crippen LogP contribution in [-0.4, -0.2) is 45.8 Å². The fraction of sp³-hybridized carbons (Fsp3) is 0.450. The monoisotopic (exact) mass is 385 g/mol. The van der Waals surface area contributed by atoms with Crippen LogP contribution in [0.5, 0.6) is 0 Å². The van der Waals surface area contributed by atoms with Crippen molar-refractivity contribution in [2.45, 2.75) is 32.7 Å². The van der Waals surface area contributed by atoms with Gasteiger partial charge in [0.1, 0.15) is 17.3 Å². The highest BCUT2D eigenvalue weighted by Crippen LogP contribution is 2.30. The largest absolute Gasteiger partial charge is 0.378 e. The average molecular weight is 386 g/mol.